The first-order valence-corrected chi connectivity index (χ1v) is 6.98. The highest BCUT2D eigenvalue weighted by molar-refractivity contribution is 7.09. The molecule has 0 aliphatic rings. The van der Waals surface area contributed by atoms with Crippen LogP contribution in [-0.2, 0) is 6.42 Å². The molecule has 5 heteroatoms. The van der Waals surface area contributed by atoms with Crippen LogP contribution in [0.1, 0.15) is 32.2 Å². The summed E-state index contributed by atoms with van der Waals surface area (Å²) in [6.07, 6.45) is 0.687. The molecule has 0 atom stereocenters. The van der Waals surface area contributed by atoms with Crippen LogP contribution in [0.2, 0.25) is 0 Å². The van der Waals surface area contributed by atoms with Gasteiger partial charge in [-0.1, -0.05) is 18.2 Å². The molecule has 102 valence electrons. The van der Waals surface area contributed by atoms with E-state index in [1.807, 2.05) is 24.3 Å². The van der Waals surface area contributed by atoms with E-state index in [1.165, 1.54) is 11.5 Å². The number of hydrogen-bond acceptors (Lipinski definition) is 5. The van der Waals surface area contributed by atoms with Crippen LogP contribution in [0.5, 0.6) is 5.75 Å². The third kappa shape index (κ3) is 3.92. The Bertz CT molecular complexity index is 546. The molecule has 2 rings (SSSR count). The van der Waals surface area contributed by atoms with Crippen LogP contribution in [0.25, 0.3) is 0 Å². The zero-order chi connectivity index (χ0) is 13.9. The fraction of sp³-hybridized carbons (Fsp3) is 0.429. The first-order chi connectivity index (χ1) is 8.98. The molecule has 0 saturated carbocycles. The van der Waals surface area contributed by atoms with Crippen LogP contribution >= 0.6 is 11.5 Å². The smallest absolute Gasteiger partial charge is 0.202 e. The first kappa shape index (κ1) is 13.8. The standard InChI is InChI=1S/C14H19N3OS/c1-14(2,3)16-13-15-12(17-19-13)9-10-7-5-6-8-11(10)18-4/h5-8H,9H2,1-4H3,(H,15,16,17). The average Bonchev–Trinajstić information content (AvgIpc) is 2.75. The summed E-state index contributed by atoms with van der Waals surface area (Å²) < 4.78 is 9.72. The molecule has 2 aromatic rings. The van der Waals surface area contributed by atoms with Crippen molar-refractivity contribution in [1.29, 1.82) is 0 Å². The second kappa shape index (κ2) is 5.57. The molecule has 0 aliphatic heterocycles. The SMILES string of the molecule is COc1ccccc1Cc1nsc(NC(C)(C)C)n1. The zero-order valence-corrected chi connectivity index (χ0v) is 12.5. The fourth-order valence-electron chi connectivity index (χ4n) is 1.72. The van der Waals surface area contributed by atoms with Crippen molar-refractivity contribution in [2.45, 2.75) is 32.7 Å². The minimum absolute atomic E-state index is 0.00123. The molecule has 0 radical (unpaired) electrons. The van der Waals surface area contributed by atoms with Gasteiger partial charge >= 0.3 is 0 Å². The van der Waals surface area contributed by atoms with Gasteiger partial charge in [0.25, 0.3) is 0 Å². The number of nitrogens with zero attached hydrogens (tertiary/aromatic N) is 2. The third-order valence-corrected chi connectivity index (χ3v) is 3.16. The van der Waals surface area contributed by atoms with E-state index < -0.39 is 0 Å². The third-order valence-electron chi connectivity index (χ3n) is 2.49. The Hall–Kier alpha value is -1.62. The number of methoxy groups -OCH3 is 1. The van der Waals surface area contributed by atoms with Crippen LogP contribution in [0.3, 0.4) is 0 Å². The van der Waals surface area contributed by atoms with Crippen molar-refractivity contribution in [1.82, 2.24) is 9.36 Å². The lowest BCUT2D eigenvalue weighted by Gasteiger charge is -2.18. The van der Waals surface area contributed by atoms with Gasteiger partial charge in [0.05, 0.1) is 7.11 Å². The number of para-hydroxylation sites is 1. The number of anilines is 1. The predicted octanol–water partition coefficient (Wildman–Crippen LogP) is 3.35. The van der Waals surface area contributed by atoms with Gasteiger partial charge in [-0.05, 0) is 26.8 Å². The van der Waals surface area contributed by atoms with E-state index in [0.717, 1.165) is 22.3 Å². The summed E-state index contributed by atoms with van der Waals surface area (Å²) in [6, 6.07) is 7.95. The molecule has 0 amide bonds. The maximum Gasteiger partial charge on any atom is 0.202 e. The lowest BCUT2D eigenvalue weighted by molar-refractivity contribution is 0.410. The first-order valence-electron chi connectivity index (χ1n) is 6.20. The highest BCUT2D eigenvalue weighted by Crippen LogP contribution is 2.22. The number of aromatic nitrogens is 2. The van der Waals surface area contributed by atoms with Gasteiger partial charge in [-0.3, -0.25) is 0 Å². The summed E-state index contributed by atoms with van der Waals surface area (Å²) in [4.78, 5) is 4.51. The molecule has 0 aliphatic carbocycles. The van der Waals surface area contributed by atoms with Gasteiger partial charge in [-0.15, -0.1) is 0 Å². The van der Waals surface area contributed by atoms with Crippen molar-refractivity contribution in [3.63, 3.8) is 0 Å². The van der Waals surface area contributed by atoms with Gasteiger partial charge in [-0.25, -0.2) is 4.98 Å². The van der Waals surface area contributed by atoms with E-state index in [-0.39, 0.29) is 5.54 Å². The van der Waals surface area contributed by atoms with Gasteiger partial charge in [0.1, 0.15) is 11.6 Å². The minimum Gasteiger partial charge on any atom is -0.496 e. The molecule has 0 spiro atoms. The molecule has 1 aromatic carbocycles. The maximum atomic E-state index is 5.34. The Balaban J connectivity index is 2.12. The highest BCUT2D eigenvalue weighted by Gasteiger charge is 2.13. The number of benzene rings is 1. The lowest BCUT2D eigenvalue weighted by Crippen LogP contribution is -2.25. The summed E-state index contributed by atoms with van der Waals surface area (Å²) in [6.45, 7) is 6.32. The topological polar surface area (TPSA) is 47.0 Å². The van der Waals surface area contributed by atoms with E-state index in [0.29, 0.717) is 6.42 Å². The second-order valence-corrected chi connectivity index (χ2v) is 6.13. The maximum absolute atomic E-state index is 5.34. The largest absolute Gasteiger partial charge is 0.496 e. The summed E-state index contributed by atoms with van der Waals surface area (Å²) in [7, 11) is 1.68. The molecule has 4 nitrogen and oxygen atoms in total. The van der Waals surface area contributed by atoms with Gasteiger partial charge in [0, 0.05) is 29.1 Å². The second-order valence-electron chi connectivity index (χ2n) is 5.38. The van der Waals surface area contributed by atoms with Gasteiger partial charge < -0.3 is 10.1 Å². The number of hydrogen-bond donors (Lipinski definition) is 1. The molecule has 0 unspecified atom stereocenters. The quantitative estimate of drug-likeness (QED) is 0.931. The Morgan fingerprint density at radius 1 is 1.26 bits per heavy atom. The van der Waals surface area contributed by atoms with Crippen LogP contribution < -0.4 is 10.1 Å². The Morgan fingerprint density at radius 3 is 2.68 bits per heavy atom. The average molecular weight is 277 g/mol. The molecule has 0 fully saturated rings. The van der Waals surface area contributed by atoms with E-state index in [4.69, 9.17) is 4.74 Å². The molecule has 0 saturated heterocycles. The molecule has 1 aromatic heterocycles. The minimum atomic E-state index is 0.00123. The van der Waals surface area contributed by atoms with Crippen molar-refractivity contribution < 1.29 is 4.74 Å². The predicted molar refractivity (Wildman–Crippen MR) is 79.1 cm³/mol. The number of ether oxygens (including phenoxy) is 1. The summed E-state index contributed by atoms with van der Waals surface area (Å²) in [5.41, 5.74) is 1.10. The van der Waals surface area contributed by atoms with Crippen molar-refractivity contribution in [2.75, 3.05) is 12.4 Å². The molecule has 1 heterocycles. The van der Waals surface area contributed by atoms with E-state index in [9.17, 15) is 0 Å². The van der Waals surface area contributed by atoms with Crippen LogP contribution in [-0.4, -0.2) is 22.0 Å². The van der Waals surface area contributed by atoms with Crippen LogP contribution in [0.15, 0.2) is 24.3 Å². The Labute approximate surface area is 118 Å². The van der Waals surface area contributed by atoms with Crippen molar-refractivity contribution >= 4 is 16.7 Å². The van der Waals surface area contributed by atoms with Gasteiger partial charge in [0.15, 0.2) is 0 Å². The summed E-state index contributed by atoms with van der Waals surface area (Å²) >= 11 is 1.40. The highest BCUT2D eigenvalue weighted by atomic mass is 32.1. The Kier molecular flexibility index (Phi) is 4.04. The zero-order valence-electron chi connectivity index (χ0n) is 11.7. The lowest BCUT2D eigenvalue weighted by atomic mass is 10.1. The fourth-order valence-corrected chi connectivity index (χ4v) is 2.51. The van der Waals surface area contributed by atoms with Crippen molar-refractivity contribution in [2.24, 2.45) is 0 Å². The molecule has 1 N–H and O–H groups in total. The van der Waals surface area contributed by atoms with E-state index in [1.54, 1.807) is 7.11 Å². The normalized spacial score (nSPS) is 11.4. The van der Waals surface area contributed by atoms with Crippen molar-refractivity contribution in [3.05, 3.63) is 35.7 Å². The van der Waals surface area contributed by atoms with Crippen LogP contribution in [0, 0.1) is 0 Å². The van der Waals surface area contributed by atoms with Crippen LogP contribution in [0.4, 0.5) is 5.13 Å². The van der Waals surface area contributed by atoms with E-state index >= 15 is 0 Å². The molecular weight excluding hydrogens is 258 g/mol. The van der Waals surface area contributed by atoms with Gasteiger partial charge in [0.2, 0.25) is 5.13 Å². The summed E-state index contributed by atoms with van der Waals surface area (Å²) in [5, 5.41) is 4.19. The van der Waals surface area contributed by atoms with E-state index in [2.05, 4.69) is 35.4 Å². The summed E-state index contributed by atoms with van der Waals surface area (Å²) in [5.74, 6) is 1.70. The van der Waals surface area contributed by atoms with Crippen molar-refractivity contribution in [3.8, 4) is 5.75 Å². The monoisotopic (exact) mass is 277 g/mol. The molecule has 0 bridgehead atoms. The molecular formula is C14H19N3OS. The van der Waals surface area contributed by atoms with Gasteiger partial charge in [-0.2, -0.15) is 4.37 Å². The molecule has 19 heavy (non-hydrogen) atoms. The number of nitrogens with one attached hydrogen (secondary N) is 1. The Morgan fingerprint density at radius 2 is 2.00 bits per heavy atom. The number of rotatable bonds is 4.